The molecule has 1 amide bonds. The first-order chi connectivity index (χ1) is 12.0. The number of carbonyl (C=O) groups excluding carboxylic acids is 1. The highest BCUT2D eigenvalue weighted by atomic mass is 32.2. The summed E-state index contributed by atoms with van der Waals surface area (Å²) < 4.78 is 5.49. The number of hydrogen-bond donors (Lipinski definition) is 1. The fraction of sp³-hybridized carbons (Fsp3) is 0.176. The van der Waals surface area contributed by atoms with Crippen molar-refractivity contribution in [2.75, 3.05) is 5.75 Å². The first-order valence-electron chi connectivity index (χ1n) is 7.55. The number of fused-ring (bicyclic) bond motifs is 1. The van der Waals surface area contributed by atoms with Gasteiger partial charge in [0.2, 0.25) is 5.91 Å². The fourth-order valence-corrected chi connectivity index (χ4v) is 2.95. The Bertz CT molecular complexity index is 911. The minimum atomic E-state index is -0.487. The van der Waals surface area contributed by atoms with E-state index in [9.17, 15) is 14.9 Å². The van der Waals surface area contributed by atoms with Crippen molar-refractivity contribution in [2.45, 2.75) is 18.2 Å². The summed E-state index contributed by atoms with van der Waals surface area (Å²) >= 11 is 1.15. The lowest BCUT2D eigenvalue weighted by Gasteiger charge is -2.13. The Morgan fingerprint density at radius 1 is 1.32 bits per heavy atom. The van der Waals surface area contributed by atoms with Crippen molar-refractivity contribution in [3.05, 3.63) is 64.2 Å². The van der Waals surface area contributed by atoms with E-state index in [0.29, 0.717) is 16.3 Å². The Balaban J connectivity index is 1.60. The average molecular weight is 357 g/mol. The molecule has 0 bridgehead atoms. The highest BCUT2D eigenvalue weighted by molar-refractivity contribution is 7.99. The van der Waals surface area contributed by atoms with Gasteiger partial charge in [-0.15, -0.1) is 0 Å². The predicted molar refractivity (Wildman–Crippen MR) is 94.4 cm³/mol. The summed E-state index contributed by atoms with van der Waals surface area (Å²) in [5.74, 6) is 0.00103. The van der Waals surface area contributed by atoms with Crippen molar-refractivity contribution < 1.29 is 14.1 Å². The molecule has 0 fully saturated rings. The molecule has 3 aromatic rings. The molecule has 0 aliphatic heterocycles. The molecule has 1 aromatic heterocycles. The van der Waals surface area contributed by atoms with Crippen molar-refractivity contribution in [2.24, 2.45) is 0 Å². The molecule has 1 N–H and O–H groups in total. The smallest absolute Gasteiger partial charge is 0.271 e. The second-order valence-corrected chi connectivity index (χ2v) is 6.30. The lowest BCUT2D eigenvalue weighted by molar-refractivity contribution is -0.384. The molecule has 0 unspecified atom stereocenters. The molecule has 0 aliphatic carbocycles. The van der Waals surface area contributed by atoms with E-state index >= 15 is 0 Å². The number of rotatable bonds is 6. The number of nitrogens with zero attached hydrogens (tertiary/aromatic N) is 2. The van der Waals surface area contributed by atoms with E-state index in [-0.39, 0.29) is 23.4 Å². The number of benzene rings is 2. The zero-order chi connectivity index (χ0) is 17.8. The van der Waals surface area contributed by atoms with Crippen LogP contribution in [-0.2, 0) is 4.79 Å². The summed E-state index contributed by atoms with van der Waals surface area (Å²) in [5.41, 5.74) is 1.82. The number of carbonyl (C=O) groups is 1. The van der Waals surface area contributed by atoms with E-state index in [1.54, 1.807) is 0 Å². The lowest BCUT2D eigenvalue weighted by Crippen LogP contribution is -2.28. The Morgan fingerprint density at radius 2 is 2.08 bits per heavy atom. The van der Waals surface area contributed by atoms with Crippen LogP contribution in [0.2, 0.25) is 0 Å². The van der Waals surface area contributed by atoms with Gasteiger partial charge in [0.15, 0.2) is 5.58 Å². The third-order valence-electron chi connectivity index (χ3n) is 3.57. The van der Waals surface area contributed by atoms with E-state index in [2.05, 4.69) is 10.3 Å². The lowest BCUT2D eigenvalue weighted by atomic mass is 10.1. The monoisotopic (exact) mass is 357 g/mol. The summed E-state index contributed by atoms with van der Waals surface area (Å²) in [7, 11) is 0. The molecule has 128 valence electrons. The SMILES string of the molecule is C[C@H](NC(=O)CSc1nc2cc([N+](=O)[O-])ccc2o1)c1ccccc1. The standard InChI is InChI=1S/C17H15N3O4S/c1-11(12-5-3-2-4-6-12)18-16(21)10-25-17-19-14-9-13(20(22)23)7-8-15(14)24-17/h2-9,11H,10H2,1H3,(H,18,21)/t11-/m0/s1. The molecule has 0 spiro atoms. The maximum Gasteiger partial charge on any atom is 0.271 e. The minimum Gasteiger partial charge on any atom is -0.431 e. The second kappa shape index (κ2) is 7.35. The molecule has 0 radical (unpaired) electrons. The number of thioether (sulfide) groups is 1. The number of non-ortho nitro benzene ring substituents is 1. The van der Waals surface area contributed by atoms with Crippen LogP contribution in [0.15, 0.2) is 58.2 Å². The highest BCUT2D eigenvalue weighted by Crippen LogP contribution is 2.26. The molecule has 0 saturated carbocycles. The second-order valence-electron chi connectivity index (χ2n) is 5.38. The van der Waals surface area contributed by atoms with E-state index < -0.39 is 4.92 Å². The third-order valence-corrected chi connectivity index (χ3v) is 4.39. The molecule has 0 aliphatic rings. The quantitative estimate of drug-likeness (QED) is 0.410. The van der Waals surface area contributed by atoms with Crippen LogP contribution in [-0.4, -0.2) is 21.6 Å². The maximum atomic E-state index is 12.1. The Labute approximate surface area is 147 Å². The van der Waals surface area contributed by atoms with Gasteiger partial charge in [-0.25, -0.2) is 4.98 Å². The van der Waals surface area contributed by atoms with Gasteiger partial charge in [0.1, 0.15) is 5.52 Å². The number of nitro groups is 1. The van der Waals surface area contributed by atoms with Crippen LogP contribution in [0.1, 0.15) is 18.5 Å². The summed E-state index contributed by atoms with van der Waals surface area (Å²) in [6.45, 7) is 1.91. The number of amides is 1. The van der Waals surface area contributed by atoms with Gasteiger partial charge >= 0.3 is 0 Å². The van der Waals surface area contributed by atoms with E-state index in [1.807, 2.05) is 37.3 Å². The Hall–Kier alpha value is -2.87. The summed E-state index contributed by atoms with van der Waals surface area (Å²) in [6, 6.07) is 13.8. The third kappa shape index (κ3) is 4.16. The predicted octanol–water partition coefficient (Wildman–Crippen LogP) is 3.71. The molecule has 1 atom stereocenters. The van der Waals surface area contributed by atoms with Crippen LogP contribution < -0.4 is 5.32 Å². The normalized spacial score (nSPS) is 12.0. The molecule has 1 heterocycles. The minimum absolute atomic E-state index is 0.0493. The summed E-state index contributed by atoms with van der Waals surface area (Å²) in [6.07, 6.45) is 0. The van der Waals surface area contributed by atoms with Gasteiger partial charge in [-0.05, 0) is 18.6 Å². The number of nitro benzene ring substituents is 1. The average Bonchev–Trinajstić information content (AvgIpc) is 3.02. The van der Waals surface area contributed by atoms with Crippen LogP contribution >= 0.6 is 11.8 Å². The zero-order valence-electron chi connectivity index (χ0n) is 13.3. The Kier molecular flexibility index (Phi) is 4.99. The fourth-order valence-electron chi connectivity index (χ4n) is 2.31. The van der Waals surface area contributed by atoms with E-state index in [0.717, 1.165) is 17.3 Å². The molecule has 2 aromatic carbocycles. The maximum absolute atomic E-state index is 12.1. The van der Waals surface area contributed by atoms with E-state index in [1.165, 1.54) is 18.2 Å². The van der Waals surface area contributed by atoms with Crippen molar-refractivity contribution >= 4 is 34.5 Å². The first-order valence-corrected chi connectivity index (χ1v) is 8.53. The number of nitrogens with one attached hydrogen (secondary N) is 1. The van der Waals surface area contributed by atoms with Crippen LogP contribution in [0.3, 0.4) is 0 Å². The van der Waals surface area contributed by atoms with Gasteiger partial charge in [-0.2, -0.15) is 0 Å². The van der Waals surface area contributed by atoms with Crippen LogP contribution in [0, 0.1) is 10.1 Å². The zero-order valence-corrected chi connectivity index (χ0v) is 14.2. The van der Waals surface area contributed by atoms with Crippen LogP contribution in [0.4, 0.5) is 5.69 Å². The largest absolute Gasteiger partial charge is 0.431 e. The topological polar surface area (TPSA) is 98.3 Å². The number of hydrogen-bond acceptors (Lipinski definition) is 6. The van der Waals surface area contributed by atoms with Gasteiger partial charge in [0.25, 0.3) is 10.9 Å². The highest BCUT2D eigenvalue weighted by Gasteiger charge is 2.14. The van der Waals surface area contributed by atoms with Crippen LogP contribution in [0.25, 0.3) is 11.1 Å². The van der Waals surface area contributed by atoms with Crippen LogP contribution in [0.5, 0.6) is 0 Å². The van der Waals surface area contributed by atoms with Gasteiger partial charge in [-0.3, -0.25) is 14.9 Å². The molecule has 25 heavy (non-hydrogen) atoms. The van der Waals surface area contributed by atoms with Crippen molar-refractivity contribution in [1.82, 2.24) is 10.3 Å². The number of aromatic nitrogens is 1. The molecular weight excluding hydrogens is 342 g/mol. The van der Waals surface area contributed by atoms with Gasteiger partial charge in [-0.1, -0.05) is 42.1 Å². The van der Waals surface area contributed by atoms with Crippen molar-refractivity contribution in [3.63, 3.8) is 0 Å². The van der Waals surface area contributed by atoms with Gasteiger partial charge < -0.3 is 9.73 Å². The molecule has 3 rings (SSSR count). The van der Waals surface area contributed by atoms with Gasteiger partial charge in [0, 0.05) is 12.1 Å². The summed E-state index contributed by atoms with van der Waals surface area (Å²) in [4.78, 5) is 26.5. The van der Waals surface area contributed by atoms with E-state index in [4.69, 9.17) is 4.42 Å². The molecular formula is C17H15N3O4S. The summed E-state index contributed by atoms with van der Waals surface area (Å²) in [5, 5.41) is 14.0. The molecule has 0 saturated heterocycles. The van der Waals surface area contributed by atoms with Crippen molar-refractivity contribution in [3.8, 4) is 0 Å². The van der Waals surface area contributed by atoms with Crippen molar-refractivity contribution in [1.29, 1.82) is 0 Å². The van der Waals surface area contributed by atoms with Gasteiger partial charge in [0.05, 0.1) is 16.7 Å². The Morgan fingerprint density at radius 3 is 2.80 bits per heavy atom. The molecule has 7 nitrogen and oxygen atoms in total. The molecule has 8 heteroatoms. The first kappa shape index (κ1) is 17.0. The number of oxazole rings is 1.